The van der Waals surface area contributed by atoms with Crippen LogP contribution in [0.1, 0.15) is 30.9 Å². The summed E-state index contributed by atoms with van der Waals surface area (Å²) in [5, 5.41) is 0. The molecule has 1 rings (SSSR count). The van der Waals surface area contributed by atoms with E-state index in [2.05, 4.69) is 32.0 Å². The number of nitrogens with zero attached hydrogens (tertiary/aromatic N) is 1. The number of aldehydes is 1. The molecular weight excluding hydrogens is 226 g/mol. The van der Waals surface area contributed by atoms with Gasteiger partial charge < -0.3 is 9.53 Å². The van der Waals surface area contributed by atoms with Crippen LogP contribution in [0.5, 0.6) is 5.75 Å². The van der Waals surface area contributed by atoms with Gasteiger partial charge in [-0.3, -0.25) is 4.90 Å². The molecule has 100 valence electrons. The SMILES string of the molecule is COc1cc(C(C)C)ccc1CCN(C)CC=O. The number of ether oxygens (including phenoxy) is 1. The summed E-state index contributed by atoms with van der Waals surface area (Å²) < 4.78 is 5.44. The molecule has 0 radical (unpaired) electrons. The van der Waals surface area contributed by atoms with E-state index in [-0.39, 0.29) is 0 Å². The first-order valence-corrected chi connectivity index (χ1v) is 6.37. The van der Waals surface area contributed by atoms with Gasteiger partial charge in [0.2, 0.25) is 0 Å². The maximum Gasteiger partial charge on any atom is 0.133 e. The third kappa shape index (κ3) is 4.15. The fraction of sp³-hybridized carbons (Fsp3) is 0.533. The summed E-state index contributed by atoms with van der Waals surface area (Å²) in [4.78, 5) is 12.4. The van der Waals surface area contributed by atoms with Crippen LogP contribution in [0.2, 0.25) is 0 Å². The summed E-state index contributed by atoms with van der Waals surface area (Å²) in [6.45, 7) is 5.68. The highest BCUT2D eigenvalue weighted by molar-refractivity contribution is 5.51. The maximum absolute atomic E-state index is 10.4. The van der Waals surface area contributed by atoms with Crippen molar-refractivity contribution in [3.05, 3.63) is 29.3 Å². The Morgan fingerprint density at radius 3 is 2.67 bits per heavy atom. The molecule has 0 bridgehead atoms. The second-order valence-corrected chi connectivity index (χ2v) is 4.90. The lowest BCUT2D eigenvalue weighted by Gasteiger charge is -2.16. The van der Waals surface area contributed by atoms with Gasteiger partial charge in [-0.05, 0) is 36.6 Å². The quantitative estimate of drug-likeness (QED) is 0.695. The molecule has 0 atom stereocenters. The number of rotatable bonds is 7. The highest BCUT2D eigenvalue weighted by atomic mass is 16.5. The minimum Gasteiger partial charge on any atom is -0.496 e. The van der Waals surface area contributed by atoms with Crippen molar-refractivity contribution >= 4 is 6.29 Å². The first-order valence-electron chi connectivity index (χ1n) is 6.37. The van der Waals surface area contributed by atoms with Crippen molar-refractivity contribution < 1.29 is 9.53 Å². The number of hydrogen-bond acceptors (Lipinski definition) is 3. The number of methoxy groups -OCH3 is 1. The van der Waals surface area contributed by atoms with E-state index in [1.807, 2.05) is 11.9 Å². The molecule has 0 unspecified atom stereocenters. The summed E-state index contributed by atoms with van der Waals surface area (Å²) in [7, 11) is 3.65. The van der Waals surface area contributed by atoms with Gasteiger partial charge in [-0.15, -0.1) is 0 Å². The Kier molecular flexibility index (Phi) is 5.86. The number of benzene rings is 1. The third-order valence-corrected chi connectivity index (χ3v) is 3.13. The van der Waals surface area contributed by atoms with Gasteiger partial charge in [-0.1, -0.05) is 26.0 Å². The van der Waals surface area contributed by atoms with Gasteiger partial charge in [-0.25, -0.2) is 0 Å². The second kappa shape index (κ2) is 7.17. The Labute approximate surface area is 110 Å². The van der Waals surface area contributed by atoms with E-state index < -0.39 is 0 Å². The first-order chi connectivity index (χ1) is 8.58. The van der Waals surface area contributed by atoms with Gasteiger partial charge in [0.15, 0.2) is 0 Å². The predicted octanol–water partition coefficient (Wildman–Crippen LogP) is 2.49. The van der Waals surface area contributed by atoms with Gasteiger partial charge in [0.25, 0.3) is 0 Å². The lowest BCUT2D eigenvalue weighted by Crippen LogP contribution is -2.23. The molecule has 0 aliphatic heterocycles. The van der Waals surface area contributed by atoms with Gasteiger partial charge in [-0.2, -0.15) is 0 Å². The van der Waals surface area contributed by atoms with Crippen LogP contribution in [0.4, 0.5) is 0 Å². The maximum atomic E-state index is 10.4. The van der Waals surface area contributed by atoms with E-state index in [0.717, 1.165) is 25.0 Å². The lowest BCUT2D eigenvalue weighted by atomic mass is 10.00. The van der Waals surface area contributed by atoms with Crippen molar-refractivity contribution in [3.63, 3.8) is 0 Å². The molecule has 3 nitrogen and oxygen atoms in total. The molecule has 0 saturated heterocycles. The zero-order valence-electron chi connectivity index (χ0n) is 11.8. The number of hydrogen-bond donors (Lipinski definition) is 0. The van der Waals surface area contributed by atoms with E-state index in [1.165, 1.54) is 11.1 Å². The molecular formula is C15H23NO2. The van der Waals surface area contributed by atoms with Crippen LogP contribution < -0.4 is 4.74 Å². The van der Waals surface area contributed by atoms with Crippen molar-refractivity contribution in [1.82, 2.24) is 4.90 Å². The fourth-order valence-corrected chi connectivity index (χ4v) is 1.86. The average Bonchev–Trinajstić information content (AvgIpc) is 2.36. The Bertz CT molecular complexity index is 388. The molecule has 1 aromatic rings. The largest absolute Gasteiger partial charge is 0.496 e. The van der Waals surface area contributed by atoms with Crippen LogP contribution in [-0.2, 0) is 11.2 Å². The molecule has 3 heteroatoms. The second-order valence-electron chi connectivity index (χ2n) is 4.90. The summed E-state index contributed by atoms with van der Waals surface area (Å²) in [6.07, 6.45) is 1.82. The van der Waals surface area contributed by atoms with E-state index in [1.54, 1.807) is 7.11 Å². The minimum absolute atomic E-state index is 0.479. The zero-order valence-corrected chi connectivity index (χ0v) is 11.8. The molecule has 0 aliphatic rings. The molecule has 0 N–H and O–H groups in total. The van der Waals surface area contributed by atoms with E-state index in [4.69, 9.17) is 4.74 Å². The first kappa shape index (κ1) is 14.7. The van der Waals surface area contributed by atoms with Gasteiger partial charge in [0.05, 0.1) is 13.7 Å². The summed E-state index contributed by atoms with van der Waals surface area (Å²) >= 11 is 0. The van der Waals surface area contributed by atoms with E-state index >= 15 is 0 Å². The standard InChI is InChI=1S/C15H23NO2/c1-12(2)14-6-5-13(15(11-14)18-4)7-8-16(3)9-10-17/h5-6,10-12H,7-9H2,1-4H3. The smallest absolute Gasteiger partial charge is 0.133 e. The zero-order chi connectivity index (χ0) is 13.5. The molecule has 0 amide bonds. The molecule has 0 aliphatic carbocycles. The van der Waals surface area contributed by atoms with Crippen molar-refractivity contribution in [3.8, 4) is 5.75 Å². The van der Waals surface area contributed by atoms with Crippen LogP contribution >= 0.6 is 0 Å². The minimum atomic E-state index is 0.479. The molecule has 0 aromatic heterocycles. The summed E-state index contributed by atoms with van der Waals surface area (Å²) in [5.74, 6) is 1.45. The Morgan fingerprint density at radius 2 is 2.11 bits per heavy atom. The van der Waals surface area contributed by atoms with Crippen molar-refractivity contribution in [1.29, 1.82) is 0 Å². The van der Waals surface area contributed by atoms with Crippen molar-refractivity contribution in [2.45, 2.75) is 26.2 Å². The van der Waals surface area contributed by atoms with Gasteiger partial charge >= 0.3 is 0 Å². The van der Waals surface area contributed by atoms with Gasteiger partial charge in [0, 0.05) is 6.54 Å². The van der Waals surface area contributed by atoms with Crippen molar-refractivity contribution in [2.75, 3.05) is 27.2 Å². The molecule has 18 heavy (non-hydrogen) atoms. The van der Waals surface area contributed by atoms with Crippen LogP contribution in [0.3, 0.4) is 0 Å². The van der Waals surface area contributed by atoms with Gasteiger partial charge in [0.1, 0.15) is 12.0 Å². The summed E-state index contributed by atoms with van der Waals surface area (Å²) in [6, 6.07) is 6.39. The molecule has 0 fully saturated rings. The molecule has 0 heterocycles. The van der Waals surface area contributed by atoms with Crippen LogP contribution in [0.25, 0.3) is 0 Å². The average molecular weight is 249 g/mol. The van der Waals surface area contributed by atoms with E-state index in [0.29, 0.717) is 12.5 Å². The Hall–Kier alpha value is -1.35. The monoisotopic (exact) mass is 249 g/mol. The number of likely N-dealkylation sites (N-methyl/N-ethyl adjacent to an activating group) is 1. The molecule has 0 spiro atoms. The topological polar surface area (TPSA) is 29.5 Å². The molecule has 0 saturated carbocycles. The Balaban J connectivity index is 2.73. The van der Waals surface area contributed by atoms with E-state index in [9.17, 15) is 4.79 Å². The lowest BCUT2D eigenvalue weighted by molar-refractivity contribution is -0.108. The molecule has 1 aromatic carbocycles. The van der Waals surface area contributed by atoms with Crippen molar-refractivity contribution in [2.24, 2.45) is 0 Å². The fourth-order valence-electron chi connectivity index (χ4n) is 1.86. The number of carbonyl (C=O) groups is 1. The number of carbonyl (C=O) groups excluding carboxylic acids is 1. The summed E-state index contributed by atoms with van der Waals surface area (Å²) in [5.41, 5.74) is 2.48. The van der Waals surface area contributed by atoms with Crippen LogP contribution in [0.15, 0.2) is 18.2 Å². The predicted molar refractivity (Wildman–Crippen MR) is 74.3 cm³/mol. The Morgan fingerprint density at radius 1 is 1.39 bits per heavy atom. The highest BCUT2D eigenvalue weighted by Crippen LogP contribution is 2.25. The normalized spacial score (nSPS) is 11.0. The third-order valence-electron chi connectivity index (χ3n) is 3.13. The van der Waals surface area contributed by atoms with Crippen LogP contribution in [-0.4, -0.2) is 38.4 Å². The van der Waals surface area contributed by atoms with Crippen LogP contribution in [0, 0.1) is 0 Å². The highest BCUT2D eigenvalue weighted by Gasteiger charge is 2.07.